The van der Waals surface area contributed by atoms with E-state index in [4.69, 9.17) is 5.11 Å². The lowest BCUT2D eigenvalue weighted by Crippen LogP contribution is -2.36. The van der Waals surface area contributed by atoms with Gasteiger partial charge in [-0.1, -0.05) is 0 Å². The van der Waals surface area contributed by atoms with Crippen LogP contribution in [0.1, 0.15) is 18.3 Å². The van der Waals surface area contributed by atoms with Crippen LogP contribution in [0.2, 0.25) is 0 Å². The monoisotopic (exact) mass is 343 g/mol. The molecule has 0 radical (unpaired) electrons. The first-order valence-corrected chi connectivity index (χ1v) is 6.69. The summed E-state index contributed by atoms with van der Waals surface area (Å²) in [6.07, 6.45) is -4.28. The van der Waals surface area contributed by atoms with Gasteiger partial charge in [-0.2, -0.15) is 18.3 Å². The molecule has 0 saturated heterocycles. The molecule has 1 aromatic heterocycles. The lowest BCUT2D eigenvalue weighted by atomic mass is 10.3. The molecule has 0 saturated carbocycles. The van der Waals surface area contributed by atoms with Gasteiger partial charge in [0.15, 0.2) is 0 Å². The van der Waals surface area contributed by atoms with Gasteiger partial charge in [-0.15, -0.1) is 0 Å². The summed E-state index contributed by atoms with van der Waals surface area (Å²) >= 11 is 3.35. The number of rotatable bonds is 6. The third kappa shape index (κ3) is 4.77. The van der Waals surface area contributed by atoms with Crippen LogP contribution in [0, 0.1) is 6.92 Å². The molecule has 0 fully saturated rings. The van der Waals surface area contributed by atoms with Gasteiger partial charge in [0.1, 0.15) is 0 Å². The summed E-state index contributed by atoms with van der Waals surface area (Å²) in [5.74, 6) is 0. The van der Waals surface area contributed by atoms with E-state index in [0.717, 1.165) is 15.1 Å². The SMILES string of the molecule is CCn1nc(C)c(Br)c1CN(CCO)CC(F)(F)F. The maximum absolute atomic E-state index is 12.5. The van der Waals surface area contributed by atoms with E-state index in [2.05, 4.69) is 21.0 Å². The Kier molecular flexibility index (Phi) is 5.82. The predicted molar refractivity (Wildman–Crippen MR) is 68.8 cm³/mol. The number of hydrogen-bond donors (Lipinski definition) is 1. The van der Waals surface area contributed by atoms with Gasteiger partial charge in [0.05, 0.1) is 29.0 Å². The smallest absolute Gasteiger partial charge is 0.395 e. The number of hydrogen-bond acceptors (Lipinski definition) is 3. The molecule has 1 heterocycles. The highest BCUT2D eigenvalue weighted by molar-refractivity contribution is 9.10. The van der Waals surface area contributed by atoms with Crippen LogP contribution in [0.5, 0.6) is 0 Å². The minimum atomic E-state index is -4.28. The van der Waals surface area contributed by atoms with E-state index in [1.165, 1.54) is 0 Å². The molecule has 0 atom stereocenters. The molecule has 0 spiro atoms. The molecular formula is C11H17BrF3N3O. The quantitative estimate of drug-likeness (QED) is 0.861. The van der Waals surface area contributed by atoms with Gasteiger partial charge >= 0.3 is 6.18 Å². The summed E-state index contributed by atoms with van der Waals surface area (Å²) in [7, 11) is 0. The zero-order valence-electron chi connectivity index (χ0n) is 10.8. The van der Waals surface area contributed by atoms with Crippen LogP contribution < -0.4 is 0 Å². The second kappa shape index (κ2) is 6.71. The largest absolute Gasteiger partial charge is 0.401 e. The van der Waals surface area contributed by atoms with Gasteiger partial charge in [0.25, 0.3) is 0 Å². The molecular weight excluding hydrogens is 327 g/mol. The summed E-state index contributed by atoms with van der Waals surface area (Å²) in [6, 6.07) is 0. The molecule has 8 heteroatoms. The van der Waals surface area contributed by atoms with E-state index >= 15 is 0 Å². The number of halogens is 4. The fourth-order valence-electron chi connectivity index (χ4n) is 1.84. The fourth-order valence-corrected chi connectivity index (χ4v) is 2.25. The Hall–Kier alpha value is -0.600. The first-order chi connectivity index (χ1) is 8.78. The Bertz CT molecular complexity index is 420. The van der Waals surface area contributed by atoms with Crippen molar-refractivity contribution in [3.63, 3.8) is 0 Å². The maximum atomic E-state index is 12.5. The van der Waals surface area contributed by atoms with Crippen molar-refractivity contribution in [2.75, 3.05) is 19.7 Å². The minimum absolute atomic E-state index is 0.0279. The molecule has 0 unspecified atom stereocenters. The molecule has 1 N–H and O–H groups in total. The first-order valence-electron chi connectivity index (χ1n) is 5.90. The van der Waals surface area contributed by atoms with Crippen molar-refractivity contribution in [1.29, 1.82) is 0 Å². The molecule has 0 amide bonds. The Morgan fingerprint density at radius 2 is 2.05 bits per heavy atom. The van der Waals surface area contributed by atoms with Crippen LogP contribution >= 0.6 is 15.9 Å². The summed E-state index contributed by atoms with van der Waals surface area (Å²) in [6.45, 7) is 2.96. The Labute approximate surface area is 118 Å². The average Bonchev–Trinajstić information content (AvgIpc) is 2.55. The molecule has 4 nitrogen and oxygen atoms in total. The predicted octanol–water partition coefficient (Wildman–Crippen LogP) is 2.33. The topological polar surface area (TPSA) is 41.3 Å². The number of alkyl halides is 3. The fraction of sp³-hybridized carbons (Fsp3) is 0.727. The molecule has 0 aliphatic rings. The Balaban J connectivity index is 2.90. The van der Waals surface area contributed by atoms with E-state index in [9.17, 15) is 13.2 Å². The van der Waals surface area contributed by atoms with Crippen molar-refractivity contribution in [2.24, 2.45) is 0 Å². The maximum Gasteiger partial charge on any atom is 0.401 e. The summed E-state index contributed by atoms with van der Waals surface area (Å²) in [5, 5.41) is 13.1. The van der Waals surface area contributed by atoms with Gasteiger partial charge in [0.2, 0.25) is 0 Å². The zero-order chi connectivity index (χ0) is 14.6. The van der Waals surface area contributed by atoms with Crippen LogP contribution in [-0.2, 0) is 13.1 Å². The van der Waals surface area contributed by atoms with Gasteiger partial charge in [0, 0.05) is 19.6 Å². The van der Waals surface area contributed by atoms with E-state index in [1.807, 2.05) is 6.92 Å². The van der Waals surface area contributed by atoms with Crippen molar-refractivity contribution in [3.8, 4) is 0 Å². The van der Waals surface area contributed by atoms with E-state index in [-0.39, 0.29) is 19.7 Å². The molecule has 0 bridgehead atoms. The molecule has 110 valence electrons. The summed E-state index contributed by atoms with van der Waals surface area (Å²) in [4.78, 5) is 1.16. The highest BCUT2D eigenvalue weighted by atomic mass is 79.9. The summed E-state index contributed by atoms with van der Waals surface area (Å²) in [5.41, 5.74) is 1.44. The number of aromatic nitrogens is 2. The minimum Gasteiger partial charge on any atom is -0.395 e. The second-order valence-electron chi connectivity index (χ2n) is 4.21. The third-order valence-corrected chi connectivity index (χ3v) is 3.68. The summed E-state index contributed by atoms with van der Waals surface area (Å²) < 4.78 is 39.8. The van der Waals surface area contributed by atoms with Crippen molar-refractivity contribution >= 4 is 15.9 Å². The van der Waals surface area contributed by atoms with Crippen LogP contribution in [0.15, 0.2) is 4.47 Å². The van der Waals surface area contributed by atoms with Crippen molar-refractivity contribution in [1.82, 2.24) is 14.7 Å². The average molecular weight is 344 g/mol. The molecule has 19 heavy (non-hydrogen) atoms. The number of nitrogens with zero attached hydrogens (tertiary/aromatic N) is 3. The van der Waals surface area contributed by atoms with Crippen LogP contribution in [0.25, 0.3) is 0 Å². The Morgan fingerprint density at radius 3 is 2.53 bits per heavy atom. The highest BCUT2D eigenvalue weighted by Gasteiger charge is 2.31. The van der Waals surface area contributed by atoms with Gasteiger partial charge in [-0.25, -0.2) is 0 Å². The van der Waals surface area contributed by atoms with Crippen molar-refractivity contribution < 1.29 is 18.3 Å². The van der Waals surface area contributed by atoms with Crippen molar-refractivity contribution in [2.45, 2.75) is 33.1 Å². The van der Waals surface area contributed by atoms with Crippen molar-refractivity contribution in [3.05, 3.63) is 15.9 Å². The van der Waals surface area contributed by atoms with Crippen LogP contribution in [0.3, 0.4) is 0 Å². The van der Waals surface area contributed by atoms with E-state index < -0.39 is 12.7 Å². The van der Waals surface area contributed by atoms with Crippen LogP contribution in [0.4, 0.5) is 13.2 Å². The van der Waals surface area contributed by atoms with E-state index in [1.54, 1.807) is 11.6 Å². The highest BCUT2D eigenvalue weighted by Crippen LogP contribution is 2.24. The Morgan fingerprint density at radius 1 is 1.42 bits per heavy atom. The van der Waals surface area contributed by atoms with Gasteiger partial charge in [-0.05, 0) is 29.8 Å². The molecule has 0 aliphatic carbocycles. The molecule has 1 rings (SSSR count). The van der Waals surface area contributed by atoms with E-state index in [0.29, 0.717) is 12.2 Å². The standard InChI is InChI=1S/C11H17BrF3N3O/c1-3-18-9(10(12)8(2)16-18)6-17(4-5-19)7-11(13,14)15/h19H,3-7H2,1-2H3. The zero-order valence-corrected chi connectivity index (χ0v) is 12.4. The number of aryl methyl sites for hydroxylation is 2. The normalized spacial score (nSPS) is 12.4. The number of aliphatic hydroxyl groups excluding tert-OH is 1. The number of aliphatic hydroxyl groups is 1. The molecule has 1 aromatic rings. The van der Waals surface area contributed by atoms with Gasteiger partial charge in [-0.3, -0.25) is 9.58 Å². The van der Waals surface area contributed by atoms with Crippen LogP contribution in [-0.4, -0.2) is 45.7 Å². The first kappa shape index (κ1) is 16.5. The molecule has 0 aliphatic heterocycles. The lowest BCUT2D eigenvalue weighted by Gasteiger charge is -2.23. The third-order valence-electron chi connectivity index (χ3n) is 2.65. The van der Waals surface area contributed by atoms with Gasteiger partial charge < -0.3 is 5.11 Å². The molecule has 0 aromatic carbocycles. The second-order valence-corrected chi connectivity index (χ2v) is 5.00. The lowest BCUT2D eigenvalue weighted by molar-refractivity contribution is -0.148.